The Morgan fingerprint density at radius 1 is 1.36 bits per heavy atom. The van der Waals surface area contributed by atoms with E-state index in [4.69, 9.17) is 0 Å². The van der Waals surface area contributed by atoms with Crippen LogP contribution >= 0.6 is 0 Å². The van der Waals surface area contributed by atoms with Crippen LogP contribution in [0.3, 0.4) is 0 Å². The van der Waals surface area contributed by atoms with Gasteiger partial charge in [0.1, 0.15) is 0 Å². The molecule has 0 aliphatic rings. The second kappa shape index (κ2) is 5.38. The summed E-state index contributed by atoms with van der Waals surface area (Å²) in [5.74, 6) is 0.503. The average Bonchev–Trinajstić information content (AvgIpc) is 2.19. The first kappa shape index (κ1) is 10.7. The van der Waals surface area contributed by atoms with Crippen LogP contribution in [0, 0.1) is 0 Å². The normalized spacial score (nSPS) is 13.0. The molecule has 1 rings (SSSR count). The maximum Gasteiger partial charge on any atom is 0.155 e. The van der Waals surface area contributed by atoms with Crippen molar-refractivity contribution < 1.29 is 4.79 Å². The molecule has 1 unspecified atom stereocenters. The second-order valence-corrected chi connectivity index (χ2v) is 3.48. The van der Waals surface area contributed by atoms with Crippen molar-refractivity contribution in [3.05, 3.63) is 48.0 Å². The van der Waals surface area contributed by atoms with E-state index in [9.17, 15) is 4.79 Å². The Morgan fingerprint density at radius 2 is 2.00 bits per heavy atom. The Bertz CT molecular complexity index is 311. The predicted molar refractivity (Wildman–Crippen MR) is 59.3 cm³/mol. The molecule has 1 atom stereocenters. The number of hydrogen-bond acceptors (Lipinski definition) is 1. The lowest BCUT2D eigenvalue weighted by atomic mass is 9.96. The van der Waals surface area contributed by atoms with Crippen molar-refractivity contribution in [2.24, 2.45) is 0 Å². The van der Waals surface area contributed by atoms with Crippen LogP contribution in [-0.4, -0.2) is 5.78 Å². The molecule has 0 fully saturated rings. The number of hydrogen-bond donors (Lipinski definition) is 0. The van der Waals surface area contributed by atoms with Gasteiger partial charge in [-0.2, -0.15) is 0 Å². The fourth-order valence-electron chi connectivity index (χ4n) is 1.46. The first-order valence-corrected chi connectivity index (χ1v) is 4.94. The first-order chi connectivity index (χ1) is 6.74. The lowest BCUT2D eigenvalue weighted by Crippen LogP contribution is -2.01. The van der Waals surface area contributed by atoms with Gasteiger partial charge in [0.25, 0.3) is 0 Å². The summed E-state index contributed by atoms with van der Waals surface area (Å²) in [5, 5.41) is 0. The summed E-state index contributed by atoms with van der Waals surface area (Å²) in [6, 6.07) is 10.1. The van der Waals surface area contributed by atoms with Gasteiger partial charge in [-0.3, -0.25) is 4.79 Å². The van der Waals surface area contributed by atoms with E-state index in [1.165, 1.54) is 5.56 Å². The Kier molecular flexibility index (Phi) is 4.11. The van der Waals surface area contributed by atoms with Crippen molar-refractivity contribution in [3.63, 3.8) is 0 Å². The molecule has 74 valence electrons. The molecular formula is C13H16O. The number of allylic oxidation sites excluding steroid dienone is 2. The Morgan fingerprint density at radius 3 is 2.57 bits per heavy atom. The molecule has 14 heavy (non-hydrogen) atoms. The standard InChI is InChI=1S/C13H16O/c1-3-7-13(14)10-11(2)12-8-5-4-6-9-12/h3-9,11H,10H2,1-2H3/b7-3+. The molecule has 0 heterocycles. The zero-order chi connectivity index (χ0) is 10.4. The van der Waals surface area contributed by atoms with Crippen LogP contribution in [0.2, 0.25) is 0 Å². The summed E-state index contributed by atoms with van der Waals surface area (Å²) >= 11 is 0. The minimum absolute atomic E-state index is 0.198. The molecule has 0 aliphatic heterocycles. The first-order valence-electron chi connectivity index (χ1n) is 4.94. The lowest BCUT2D eigenvalue weighted by molar-refractivity contribution is -0.114. The molecule has 1 aromatic rings. The molecule has 0 saturated heterocycles. The van der Waals surface area contributed by atoms with Crippen molar-refractivity contribution in [2.45, 2.75) is 26.2 Å². The number of ketones is 1. The zero-order valence-electron chi connectivity index (χ0n) is 8.73. The fraction of sp³-hybridized carbons (Fsp3) is 0.308. The molecule has 1 heteroatoms. The van der Waals surface area contributed by atoms with Gasteiger partial charge in [-0.05, 0) is 24.5 Å². The Balaban J connectivity index is 2.59. The highest BCUT2D eigenvalue weighted by Gasteiger charge is 2.07. The summed E-state index contributed by atoms with van der Waals surface area (Å²) in [4.78, 5) is 11.3. The number of carbonyl (C=O) groups is 1. The van der Waals surface area contributed by atoms with Gasteiger partial charge in [0.2, 0.25) is 0 Å². The van der Waals surface area contributed by atoms with Crippen molar-refractivity contribution in [2.75, 3.05) is 0 Å². The molecule has 1 nitrogen and oxygen atoms in total. The number of benzene rings is 1. The van der Waals surface area contributed by atoms with E-state index in [1.54, 1.807) is 12.2 Å². The van der Waals surface area contributed by atoms with E-state index < -0.39 is 0 Å². The quantitative estimate of drug-likeness (QED) is 0.662. The minimum atomic E-state index is 0.198. The Hall–Kier alpha value is -1.37. The van der Waals surface area contributed by atoms with Crippen molar-refractivity contribution >= 4 is 5.78 Å². The number of carbonyl (C=O) groups excluding carboxylic acids is 1. The molecule has 0 bridgehead atoms. The fourth-order valence-corrected chi connectivity index (χ4v) is 1.46. The van der Waals surface area contributed by atoms with Gasteiger partial charge >= 0.3 is 0 Å². The topological polar surface area (TPSA) is 17.1 Å². The molecular weight excluding hydrogens is 172 g/mol. The monoisotopic (exact) mass is 188 g/mol. The second-order valence-electron chi connectivity index (χ2n) is 3.48. The van der Waals surface area contributed by atoms with Crippen LogP contribution in [-0.2, 0) is 4.79 Å². The summed E-state index contributed by atoms with van der Waals surface area (Å²) in [6.45, 7) is 3.95. The molecule has 0 aliphatic carbocycles. The highest BCUT2D eigenvalue weighted by Crippen LogP contribution is 2.18. The molecule has 0 radical (unpaired) electrons. The number of rotatable bonds is 4. The SMILES string of the molecule is C/C=C/C(=O)CC(C)c1ccccc1. The molecule has 1 aromatic carbocycles. The molecule has 0 spiro atoms. The predicted octanol–water partition coefficient (Wildman–Crippen LogP) is 3.33. The van der Waals surface area contributed by atoms with Gasteiger partial charge in [0.15, 0.2) is 5.78 Å². The molecule has 0 saturated carbocycles. The zero-order valence-corrected chi connectivity index (χ0v) is 8.73. The van der Waals surface area contributed by atoms with E-state index >= 15 is 0 Å². The van der Waals surface area contributed by atoms with Gasteiger partial charge < -0.3 is 0 Å². The third-order valence-electron chi connectivity index (χ3n) is 2.23. The largest absolute Gasteiger partial charge is 0.295 e. The van der Waals surface area contributed by atoms with Gasteiger partial charge in [-0.15, -0.1) is 0 Å². The van der Waals surface area contributed by atoms with Crippen LogP contribution in [0.25, 0.3) is 0 Å². The van der Waals surface area contributed by atoms with Crippen molar-refractivity contribution in [1.82, 2.24) is 0 Å². The Labute approximate surface area is 85.5 Å². The minimum Gasteiger partial charge on any atom is -0.295 e. The summed E-state index contributed by atoms with van der Waals surface area (Å²) in [5.41, 5.74) is 1.23. The van der Waals surface area contributed by atoms with Gasteiger partial charge in [-0.25, -0.2) is 0 Å². The van der Waals surface area contributed by atoms with Crippen LogP contribution in [0.4, 0.5) is 0 Å². The van der Waals surface area contributed by atoms with E-state index in [0.29, 0.717) is 12.3 Å². The maximum absolute atomic E-state index is 11.3. The summed E-state index contributed by atoms with van der Waals surface area (Å²) in [7, 11) is 0. The summed E-state index contributed by atoms with van der Waals surface area (Å²) < 4.78 is 0. The van der Waals surface area contributed by atoms with E-state index in [2.05, 4.69) is 19.1 Å². The van der Waals surface area contributed by atoms with Crippen LogP contribution in [0.15, 0.2) is 42.5 Å². The van der Waals surface area contributed by atoms with Crippen LogP contribution in [0.1, 0.15) is 31.7 Å². The van der Waals surface area contributed by atoms with E-state index in [-0.39, 0.29) is 5.78 Å². The third kappa shape index (κ3) is 3.17. The highest BCUT2D eigenvalue weighted by atomic mass is 16.1. The summed E-state index contributed by atoms with van der Waals surface area (Å²) in [6.07, 6.45) is 4.02. The van der Waals surface area contributed by atoms with Gasteiger partial charge in [-0.1, -0.05) is 43.3 Å². The van der Waals surface area contributed by atoms with Crippen LogP contribution in [0.5, 0.6) is 0 Å². The van der Waals surface area contributed by atoms with Crippen molar-refractivity contribution in [1.29, 1.82) is 0 Å². The lowest BCUT2D eigenvalue weighted by Gasteiger charge is -2.08. The van der Waals surface area contributed by atoms with Gasteiger partial charge in [0.05, 0.1) is 0 Å². The van der Waals surface area contributed by atoms with Crippen molar-refractivity contribution in [3.8, 4) is 0 Å². The molecule has 0 N–H and O–H groups in total. The van der Waals surface area contributed by atoms with E-state index in [0.717, 1.165) is 0 Å². The highest BCUT2D eigenvalue weighted by molar-refractivity contribution is 5.90. The smallest absolute Gasteiger partial charge is 0.155 e. The molecule has 0 amide bonds. The maximum atomic E-state index is 11.3. The van der Waals surface area contributed by atoms with Gasteiger partial charge in [0, 0.05) is 6.42 Å². The third-order valence-corrected chi connectivity index (χ3v) is 2.23. The average molecular weight is 188 g/mol. The molecule has 0 aromatic heterocycles. The van der Waals surface area contributed by atoms with E-state index in [1.807, 2.05) is 25.1 Å². The van der Waals surface area contributed by atoms with Crippen LogP contribution < -0.4 is 0 Å².